The van der Waals surface area contributed by atoms with Gasteiger partial charge in [0.05, 0.1) is 25.6 Å². The highest BCUT2D eigenvalue weighted by Crippen LogP contribution is 2.31. The van der Waals surface area contributed by atoms with Crippen LogP contribution in [0, 0.1) is 0 Å². The number of piperidine rings is 1. The molecule has 3 heterocycles. The molecule has 2 aliphatic heterocycles. The molecule has 1 aromatic heterocycles. The fourth-order valence-corrected chi connectivity index (χ4v) is 3.38. The summed E-state index contributed by atoms with van der Waals surface area (Å²) < 4.78 is 7.26. The zero-order valence-electron chi connectivity index (χ0n) is 13.5. The number of hydrogen-bond donors (Lipinski definition) is 0. The fourth-order valence-electron chi connectivity index (χ4n) is 3.38. The van der Waals surface area contributed by atoms with E-state index in [4.69, 9.17) is 4.74 Å². The molecule has 122 valence electrons. The summed E-state index contributed by atoms with van der Waals surface area (Å²) >= 11 is 0. The third-order valence-electron chi connectivity index (χ3n) is 4.61. The zero-order valence-corrected chi connectivity index (χ0v) is 13.5. The summed E-state index contributed by atoms with van der Waals surface area (Å²) in [5, 5.41) is 8.78. The van der Waals surface area contributed by atoms with Crippen molar-refractivity contribution in [1.29, 1.82) is 0 Å². The molecule has 0 bridgehead atoms. The summed E-state index contributed by atoms with van der Waals surface area (Å²) in [6.07, 6.45) is 3.63. The molecular formula is C15H25N5O2. The van der Waals surface area contributed by atoms with Crippen LogP contribution in [0.4, 0.5) is 0 Å². The predicted octanol–water partition coefficient (Wildman–Crippen LogP) is 0.814. The lowest BCUT2D eigenvalue weighted by Crippen LogP contribution is -2.41. The first-order chi connectivity index (χ1) is 10.7. The first-order valence-corrected chi connectivity index (χ1v) is 8.09. The van der Waals surface area contributed by atoms with Crippen LogP contribution < -0.4 is 0 Å². The highest BCUT2D eigenvalue weighted by molar-refractivity contribution is 5.76. The van der Waals surface area contributed by atoms with Gasteiger partial charge in [-0.3, -0.25) is 9.69 Å². The number of amides is 1. The van der Waals surface area contributed by atoms with E-state index in [-0.39, 0.29) is 11.9 Å². The summed E-state index contributed by atoms with van der Waals surface area (Å²) in [5.41, 5.74) is 0. The summed E-state index contributed by atoms with van der Waals surface area (Å²) in [5.74, 6) is 2.14. The maximum absolute atomic E-state index is 12.5. The number of aromatic nitrogens is 3. The molecule has 1 atom stereocenters. The van der Waals surface area contributed by atoms with E-state index >= 15 is 0 Å². The van der Waals surface area contributed by atoms with Gasteiger partial charge in [-0.1, -0.05) is 0 Å². The van der Waals surface area contributed by atoms with Crippen molar-refractivity contribution >= 4 is 5.91 Å². The fraction of sp³-hybridized carbons (Fsp3) is 0.800. The number of carbonyl (C=O) groups is 1. The quantitative estimate of drug-likeness (QED) is 0.824. The highest BCUT2D eigenvalue weighted by atomic mass is 16.5. The van der Waals surface area contributed by atoms with Crippen molar-refractivity contribution < 1.29 is 9.53 Å². The van der Waals surface area contributed by atoms with Crippen LogP contribution in [-0.4, -0.2) is 64.3 Å². The highest BCUT2D eigenvalue weighted by Gasteiger charge is 2.33. The number of likely N-dealkylation sites (N-methyl/N-ethyl adjacent to an activating group) is 1. The summed E-state index contributed by atoms with van der Waals surface area (Å²) in [6, 6.07) is 0.0720. The Labute approximate surface area is 131 Å². The number of nitrogens with zero attached hydrogens (tertiary/aromatic N) is 5. The van der Waals surface area contributed by atoms with Crippen LogP contribution >= 0.6 is 0 Å². The molecular weight excluding hydrogens is 282 g/mol. The van der Waals surface area contributed by atoms with E-state index in [2.05, 4.69) is 26.7 Å². The molecule has 1 fully saturated rings. The van der Waals surface area contributed by atoms with Crippen LogP contribution in [0.3, 0.4) is 0 Å². The lowest BCUT2D eigenvalue weighted by atomic mass is 10.0. The monoisotopic (exact) mass is 307 g/mol. The van der Waals surface area contributed by atoms with E-state index < -0.39 is 0 Å². The molecule has 7 heteroatoms. The Balaban J connectivity index is 1.80. The van der Waals surface area contributed by atoms with Gasteiger partial charge in [0.2, 0.25) is 5.91 Å². The van der Waals surface area contributed by atoms with Crippen molar-refractivity contribution in [2.45, 2.75) is 44.8 Å². The Hall–Kier alpha value is -1.47. The number of hydrogen-bond acceptors (Lipinski definition) is 5. The Morgan fingerprint density at radius 3 is 2.95 bits per heavy atom. The molecule has 0 N–H and O–H groups in total. The number of rotatable bonds is 4. The summed E-state index contributed by atoms with van der Waals surface area (Å²) in [7, 11) is 3.73. The minimum Gasteiger partial charge on any atom is -0.384 e. The van der Waals surface area contributed by atoms with Gasteiger partial charge in [0, 0.05) is 26.7 Å². The summed E-state index contributed by atoms with van der Waals surface area (Å²) in [6.45, 7) is 4.03. The van der Waals surface area contributed by atoms with Crippen molar-refractivity contribution in [3.8, 4) is 0 Å². The normalized spacial score (nSPS) is 22.6. The lowest BCUT2D eigenvalue weighted by Gasteiger charge is -2.36. The van der Waals surface area contributed by atoms with Gasteiger partial charge >= 0.3 is 0 Å². The average molecular weight is 307 g/mol. The van der Waals surface area contributed by atoms with E-state index in [1.165, 1.54) is 0 Å². The van der Waals surface area contributed by atoms with Crippen molar-refractivity contribution in [3.05, 3.63) is 11.6 Å². The van der Waals surface area contributed by atoms with E-state index in [1.54, 1.807) is 7.11 Å². The molecule has 2 aliphatic rings. The molecule has 0 saturated carbocycles. The maximum Gasteiger partial charge on any atom is 0.225 e. The number of methoxy groups -OCH3 is 1. The van der Waals surface area contributed by atoms with E-state index in [1.807, 2.05) is 4.90 Å². The maximum atomic E-state index is 12.5. The molecule has 3 rings (SSSR count). The minimum absolute atomic E-state index is 0.0720. The van der Waals surface area contributed by atoms with Crippen molar-refractivity contribution in [3.63, 3.8) is 0 Å². The van der Waals surface area contributed by atoms with Crippen molar-refractivity contribution in [1.82, 2.24) is 24.6 Å². The molecule has 1 aromatic rings. The van der Waals surface area contributed by atoms with Gasteiger partial charge in [0.1, 0.15) is 5.82 Å². The molecule has 0 radical (unpaired) electrons. The Kier molecular flexibility index (Phi) is 4.73. The Bertz CT molecular complexity index is 530. The standard InChI is InChI=1S/C15H25N5O2/c1-18-8-9-20-13(11-18)16-17-15(20)12-5-3-4-7-19(12)14(21)6-10-22-2/h12H,3-11H2,1-2H3. The van der Waals surface area contributed by atoms with Gasteiger partial charge in [-0.05, 0) is 26.3 Å². The van der Waals surface area contributed by atoms with Crippen LogP contribution in [0.15, 0.2) is 0 Å². The van der Waals surface area contributed by atoms with Gasteiger partial charge in [-0.15, -0.1) is 10.2 Å². The van der Waals surface area contributed by atoms with Crippen molar-refractivity contribution in [2.24, 2.45) is 0 Å². The molecule has 22 heavy (non-hydrogen) atoms. The number of likely N-dealkylation sites (tertiary alicyclic amines) is 1. The van der Waals surface area contributed by atoms with E-state index in [0.29, 0.717) is 13.0 Å². The van der Waals surface area contributed by atoms with Gasteiger partial charge in [0.25, 0.3) is 0 Å². The molecule has 0 spiro atoms. The number of ether oxygens (including phenoxy) is 1. The molecule has 7 nitrogen and oxygen atoms in total. The Morgan fingerprint density at radius 2 is 2.14 bits per heavy atom. The second kappa shape index (κ2) is 6.75. The first kappa shape index (κ1) is 15.4. The van der Waals surface area contributed by atoms with E-state index in [9.17, 15) is 4.79 Å². The molecule has 1 unspecified atom stereocenters. The molecule has 0 aliphatic carbocycles. The second-order valence-electron chi connectivity index (χ2n) is 6.21. The summed E-state index contributed by atoms with van der Waals surface area (Å²) in [4.78, 5) is 16.7. The number of carbonyl (C=O) groups excluding carboxylic acids is 1. The first-order valence-electron chi connectivity index (χ1n) is 8.09. The van der Waals surface area contributed by atoms with Gasteiger partial charge in [-0.2, -0.15) is 0 Å². The Morgan fingerprint density at radius 1 is 1.27 bits per heavy atom. The second-order valence-corrected chi connectivity index (χ2v) is 6.21. The smallest absolute Gasteiger partial charge is 0.225 e. The van der Waals surface area contributed by atoms with Crippen LogP contribution in [0.1, 0.15) is 43.4 Å². The van der Waals surface area contributed by atoms with Gasteiger partial charge in [-0.25, -0.2) is 0 Å². The topological polar surface area (TPSA) is 63.5 Å². The van der Waals surface area contributed by atoms with Crippen molar-refractivity contribution in [2.75, 3.05) is 33.9 Å². The van der Waals surface area contributed by atoms with Crippen LogP contribution in [0.25, 0.3) is 0 Å². The van der Waals surface area contributed by atoms with Crippen LogP contribution in [-0.2, 0) is 22.6 Å². The largest absolute Gasteiger partial charge is 0.384 e. The molecule has 1 saturated heterocycles. The molecule has 1 amide bonds. The third kappa shape index (κ3) is 3.01. The zero-order chi connectivity index (χ0) is 15.5. The minimum atomic E-state index is 0.0720. The van der Waals surface area contributed by atoms with Crippen LogP contribution in [0.5, 0.6) is 0 Å². The number of fused-ring (bicyclic) bond motifs is 1. The lowest BCUT2D eigenvalue weighted by molar-refractivity contribution is -0.136. The SMILES string of the molecule is COCCC(=O)N1CCCCC1c1nnc2n1CCN(C)C2. The van der Waals surface area contributed by atoms with Crippen LogP contribution in [0.2, 0.25) is 0 Å². The van der Waals surface area contributed by atoms with Gasteiger partial charge < -0.3 is 14.2 Å². The molecule has 0 aromatic carbocycles. The third-order valence-corrected chi connectivity index (χ3v) is 4.61. The average Bonchev–Trinajstić information content (AvgIpc) is 2.95. The van der Waals surface area contributed by atoms with E-state index in [0.717, 1.165) is 57.1 Å². The predicted molar refractivity (Wildman–Crippen MR) is 81.2 cm³/mol. The van der Waals surface area contributed by atoms with Gasteiger partial charge in [0.15, 0.2) is 5.82 Å².